The van der Waals surface area contributed by atoms with Crippen LogP contribution in [0.3, 0.4) is 0 Å². The Labute approximate surface area is 160 Å². The van der Waals surface area contributed by atoms with Gasteiger partial charge in [0.2, 0.25) is 5.91 Å². The van der Waals surface area contributed by atoms with Gasteiger partial charge in [0.1, 0.15) is 0 Å². The molecule has 0 bridgehead atoms. The molecule has 1 amide bonds. The minimum Gasteiger partial charge on any atom is -0.493 e. The standard InChI is InChI=1S/C23H25NO3/c1-4-27-21-12-11-19(15-22(21)26-3)16(2)24-23(25)14-17-9-10-18-7-5-6-8-20(18)13-17/h5-13,15-16H,4,14H2,1-3H3,(H,24,25). The van der Waals surface area contributed by atoms with Gasteiger partial charge >= 0.3 is 0 Å². The van der Waals surface area contributed by atoms with Crippen molar-refractivity contribution in [3.8, 4) is 11.5 Å². The summed E-state index contributed by atoms with van der Waals surface area (Å²) in [5.74, 6) is 1.37. The van der Waals surface area contributed by atoms with Crippen molar-refractivity contribution >= 4 is 16.7 Å². The smallest absolute Gasteiger partial charge is 0.224 e. The fourth-order valence-electron chi connectivity index (χ4n) is 3.14. The molecule has 0 saturated heterocycles. The van der Waals surface area contributed by atoms with E-state index in [4.69, 9.17) is 9.47 Å². The van der Waals surface area contributed by atoms with Crippen molar-refractivity contribution in [3.63, 3.8) is 0 Å². The van der Waals surface area contributed by atoms with Crippen LogP contribution < -0.4 is 14.8 Å². The molecule has 140 valence electrons. The van der Waals surface area contributed by atoms with Gasteiger partial charge in [-0.25, -0.2) is 0 Å². The van der Waals surface area contributed by atoms with Crippen molar-refractivity contribution in [1.82, 2.24) is 5.32 Å². The van der Waals surface area contributed by atoms with Gasteiger partial charge < -0.3 is 14.8 Å². The maximum atomic E-state index is 12.5. The molecule has 4 heteroatoms. The average Bonchev–Trinajstić information content (AvgIpc) is 2.68. The van der Waals surface area contributed by atoms with Crippen molar-refractivity contribution in [2.24, 2.45) is 0 Å². The zero-order valence-electron chi connectivity index (χ0n) is 16.0. The van der Waals surface area contributed by atoms with Gasteiger partial charge in [-0.15, -0.1) is 0 Å². The van der Waals surface area contributed by atoms with Crippen LogP contribution in [-0.2, 0) is 11.2 Å². The van der Waals surface area contributed by atoms with Gasteiger partial charge in [0.15, 0.2) is 11.5 Å². The first-order chi connectivity index (χ1) is 13.1. The van der Waals surface area contributed by atoms with Gasteiger partial charge in [-0.2, -0.15) is 0 Å². The van der Waals surface area contributed by atoms with Crippen LogP contribution >= 0.6 is 0 Å². The van der Waals surface area contributed by atoms with Crippen LogP contribution in [-0.4, -0.2) is 19.6 Å². The highest BCUT2D eigenvalue weighted by atomic mass is 16.5. The largest absolute Gasteiger partial charge is 0.493 e. The topological polar surface area (TPSA) is 47.6 Å². The Balaban J connectivity index is 1.67. The normalized spacial score (nSPS) is 11.8. The Hall–Kier alpha value is -3.01. The second kappa shape index (κ2) is 8.58. The molecular formula is C23H25NO3. The molecule has 0 aliphatic rings. The number of rotatable bonds is 7. The number of hydrogen-bond donors (Lipinski definition) is 1. The molecule has 0 aromatic heterocycles. The van der Waals surface area contributed by atoms with Gasteiger partial charge in [0.25, 0.3) is 0 Å². The molecule has 1 N–H and O–H groups in total. The number of benzene rings is 3. The van der Waals surface area contributed by atoms with E-state index in [0.29, 0.717) is 24.5 Å². The number of fused-ring (bicyclic) bond motifs is 1. The number of methoxy groups -OCH3 is 1. The fourth-order valence-corrected chi connectivity index (χ4v) is 3.14. The molecule has 0 spiro atoms. The predicted molar refractivity (Wildman–Crippen MR) is 108 cm³/mol. The Kier molecular flexibility index (Phi) is 5.97. The first kappa shape index (κ1) is 18.8. The van der Waals surface area contributed by atoms with Crippen molar-refractivity contribution in [2.45, 2.75) is 26.3 Å². The zero-order chi connectivity index (χ0) is 19.2. The predicted octanol–water partition coefficient (Wildman–Crippen LogP) is 4.67. The fraction of sp³-hybridized carbons (Fsp3) is 0.261. The molecule has 0 aliphatic heterocycles. The summed E-state index contributed by atoms with van der Waals surface area (Å²) in [6.45, 7) is 4.48. The molecule has 3 aromatic rings. The summed E-state index contributed by atoms with van der Waals surface area (Å²) in [4.78, 5) is 12.5. The highest BCUT2D eigenvalue weighted by molar-refractivity contribution is 5.85. The van der Waals surface area contributed by atoms with E-state index in [1.54, 1.807) is 7.11 Å². The monoisotopic (exact) mass is 363 g/mol. The number of amides is 1. The van der Waals surface area contributed by atoms with Gasteiger partial charge in [-0.1, -0.05) is 48.5 Å². The lowest BCUT2D eigenvalue weighted by Crippen LogP contribution is -2.28. The lowest BCUT2D eigenvalue weighted by molar-refractivity contribution is -0.121. The zero-order valence-corrected chi connectivity index (χ0v) is 16.0. The lowest BCUT2D eigenvalue weighted by Gasteiger charge is -2.17. The first-order valence-electron chi connectivity index (χ1n) is 9.18. The Bertz CT molecular complexity index is 936. The molecule has 1 atom stereocenters. The second-order valence-electron chi connectivity index (χ2n) is 6.49. The number of nitrogens with one attached hydrogen (secondary N) is 1. The molecule has 0 aliphatic carbocycles. The summed E-state index contributed by atoms with van der Waals surface area (Å²) >= 11 is 0. The summed E-state index contributed by atoms with van der Waals surface area (Å²) in [5, 5.41) is 5.38. The van der Waals surface area contributed by atoms with Crippen LogP contribution in [0.15, 0.2) is 60.7 Å². The first-order valence-corrected chi connectivity index (χ1v) is 9.18. The molecule has 4 nitrogen and oxygen atoms in total. The van der Waals surface area contributed by atoms with E-state index in [9.17, 15) is 4.79 Å². The Morgan fingerprint density at radius 2 is 1.78 bits per heavy atom. The quantitative estimate of drug-likeness (QED) is 0.664. The third-order valence-electron chi connectivity index (χ3n) is 4.54. The maximum absolute atomic E-state index is 12.5. The maximum Gasteiger partial charge on any atom is 0.224 e. The van der Waals surface area contributed by atoms with E-state index in [-0.39, 0.29) is 11.9 Å². The summed E-state index contributed by atoms with van der Waals surface area (Å²) in [6, 6.07) is 19.9. The summed E-state index contributed by atoms with van der Waals surface area (Å²) in [5.41, 5.74) is 1.98. The summed E-state index contributed by atoms with van der Waals surface area (Å²) < 4.78 is 10.9. The second-order valence-corrected chi connectivity index (χ2v) is 6.49. The molecule has 0 saturated carbocycles. The van der Waals surface area contributed by atoms with E-state index in [1.165, 1.54) is 5.39 Å². The Morgan fingerprint density at radius 3 is 2.52 bits per heavy atom. The van der Waals surface area contributed by atoms with E-state index in [0.717, 1.165) is 16.5 Å². The van der Waals surface area contributed by atoms with Crippen molar-refractivity contribution in [1.29, 1.82) is 0 Å². The highest BCUT2D eigenvalue weighted by Crippen LogP contribution is 2.30. The minimum absolute atomic E-state index is 0.00867. The Morgan fingerprint density at radius 1 is 1.00 bits per heavy atom. The lowest BCUT2D eigenvalue weighted by atomic mass is 10.0. The molecule has 3 aromatic carbocycles. The molecule has 1 unspecified atom stereocenters. The average molecular weight is 363 g/mol. The third kappa shape index (κ3) is 4.59. The van der Waals surface area contributed by atoms with E-state index in [1.807, 2.05) is 50.2 Å². The van der Waals surface area contributed by atoms with Gasteiger partial charge in [0, 0.05) is 0 Å². The van der Waals surface area contributed by atoms with Crippen LogP contribution in [0.5, 0.6) is 11.5 Å². The molecule has 3 rings (SSSR count). The molecule has 0 fully saturated rings. The summed E-state index contributed by atoms with van der Waals surface area (Å²) in [6.07, 6.45) is 0.351. The van der Waals surface area contributed by atoms with Crippen molar-refractivity contribution in [2.75, 3.05) is 13.7 Å². The number of carbonyl (C=O) groups is 1. The van der Waals surface area contributed by atoms with Gasteiger partial charge in [-0.3, -0.25) is 4.79 Å². The number of hydrogen-bond acceptors (Lipinski definition) is 3. The van der Waals surface area contributed by atoms with Crippen LogP contribution in [0.25, 0.3) is 10.8 Å². The SMILES string of the molecule is CCOc1ccc(C(C)NC(=O)Cc2ccc3ccccc3c2)cc1OC. The van der Waals surface area contributed by atoms with Gasteiger partial charge in [-0.05, 0) is 47.9 Å². The molecular weight excluding hydrogens is 338 g/mol. The third-order valence-corrected chi connectivity index (χ3v) is 4.54. The molecule has 27 heavy (non-hydrogen) atoms. The van der Waals surface area contributed by atoms with Crippen molar-refractivity contribution < 1.29 is 14.3 Å². The minimum atomic E-state index is -0.123. The highest BCUT2D eigenvalue weighted by Gasteiger charge is 2.13. The van der Waals surface area contributed by atoms with Crippen LogP contribution in [0.4, 0.5) is 0 Å². The number of carbonyl (C=O) groups excluding carboxylic acids is 1. The van der Waals surface area contributed by atoms with Crippen molar-refractivity contribution in [3.05, 3.63) is 71.8 Å². The van der Waals surface area contributed by atoms with E-state index >= 15 is 0 Å². The summed E-state index contributed by atoms with van der Waals surface area (Å²) in [7, 11) is 1.62. The molecule has 0 radical (unpaired) electrons. The van der Waals surface area contributed by atoms with E-state index < -0.39 is 0 Å². The molecule has 0 heterocycles. The van der Waals surface area contributed by atoms with Gasteiger partial charge in [0.05, 0.1) is 26.2 Å². The van der Waals surface area contributed by atoms with Crippen LogP contribution in [0.2, 0.25) is 0 Å². The van der Waals surface area contributed by atoms with Crippen LogP contribution in [0, 0.1) is 0 Å². The van der Waals surface area contributed by atoms with Crippen LogP contribution in [0.1, 0.15) is 31.0 Å². The van der Waals surface area contributed by atoms with E-state index in [2.05, 4.69) is 29.6 Å². The number of ether oxygens (including phenoxy) is 2.